The normalized spacial score (nSPS) is 10.5. The van der Waals surface area contributed by atoms with Gasteiger partial charge in [0, 0.05) is 11.4 Å². The molecule has 10 nitrogen and oxygen atoms in total. The van der Waals surface area contributed by atoms with Crippen molar-refractivity contribution in [2.24, 2.45) is 5.10 Å². The number of ether oxygens (including phenoxy) is 3. The fraction of sp³-hybridized carbons (Fsp3) is 0.214. The number of rotatable bonds is 10. The van der Waals surface area contributed by atoms with Crippen molar-refractivity contribution in [1.82, 2.24) is 5.43 Å². The van der Waals surface area contributed by atoms with Crippen LogP contribution in [0.5, 0.6) is 17.2 Å². The standard InChI is InChI=1S/C28H30N4O6/c1-5-37-24-15-20(16-29-32-28(35)27(34)31-26-18(2)7-6-8-19(26)3)9-14-23(24)38-17-25(33)30-21-10-12-22(36-4)13-11-21/h6-16H,5,17H2,1-4H3,(H,30,33)(H,31,34)(H,32,35)/b29-16-. The van der Waals surface area contributed by atoms with E-state index in [4.69, 9.17) is 14.2 Å². The summed E-state index contributed by atoms with van der Waals surface area (Å²) in [6.45, 7) is 5.63. The molecular formula is C28H30N4O6. The number of nitrogens with one attached hydrogen (secondary N) is 3. The second-order valence-corrected chi connectivity index (χ2v) is 8.12. The van der Waals surface area contributed by atoms with Gasteiger partial charge in [0.05, 0.1) is 19.9 Å². The number of aryl methyl sites for hydroxylation is 2. The van der Waals surface area contributed by atoms with Crippen LogP contribution in [0.25, 0.3) is 0 Å². The molecule has 3 aromatic carbocycles. The van der Waals surface area contributed by atoms with Gasteiger partial charge in [0.2, 0.25) is 0 Å². The summed E-state index contributed by atoms with van der Waals surface area (Å²) in [7, 11) is 1.57. The highest BCUT2D eigenvalue weighted by Gasteiger charge is 2.15. The molecule has 0 aliphatic rings. The summed E-state index contributed by atoms with van der Waals surface area (Å²) in [4.78, 5) is 36.7. The lowest BCUT2D eigenvalue weighted by molar-refractivity contribution is -0.136. The molecule has 0 radical (unpaired) electrons. The van der Waals surface area contributed by atoms with Gasteiger partial charge in [-0.3, -0.25) is 14.4 Å². The summed E-state index contributed by atoms with van der Waals surface area (Å²) in [6.07, 6.45) is 1.37. The van der Waals surface area contributed by atoms with Crippen LogP contribution in [0.15, 0.2) is 65.8 Å². The molecule has 0 fully saturated rings. The third kappa shape index (κ3) is 7.82. The molecule has 0 aliphatic carbocycles. The Morgan fingerprint density at radius 3 is 2.24 bits per heavy atom. The average Bonchev–Trinajstić information content (AvgIpc) is 2.90. The van der Waals surface area contributed by atoms with Crippen LogP contribution in [0.4, 0.5) is 11.4 Å². The van der Waals surface area contributed by atoms with Crippen molar-refractivity contribution >= 4 is 35.3 Å². The fourth-order valence-corrected chi connectivity index (χ4v) is 3.41. The number of benzene rings is 3. The van der Waals surface area contributed by atoms with Crippen LogP contribution in [-0.2, 0) is 14.4 Å². The summed E-state index contributed by atoms with van der Waals surface area (Å²) >= 11 is 0. The van der Waals surface area contributed by atoms with Crippen molar-refractivity contribution in [3.63, 3.8) is 0 Å². The maximum absolute atomic E-state index is 12.3. The summed E-state index contributed by atoms with van der Waals surface area (Å²) in [6, 6.07) is 17.4. The van der Waals surface area contributed by atoms with E-state index < -0.39 is 11.8 Å². The SMILES string of the molecule is CCOc1cc(/C=N\NC(=O)C(=O)Nc2c(C)cccc2C)ccc1OCC(=O)Nc1ccc(OC)cc1. The number of hydrogen-bond donors (Lipinski definition) is 3. The summed E-state index contributed by atoms with van der Waals surface area (Å²) in [5.41, 5.74) is 5.69. The number of anilines is 2. The molecule has 198 valence electrons. The second-order valence-electron chi connectivity index (χ2n) is 8.12. The van der Waals surface area contributed by atoms with Gasteiger partial charge in [0.25, 0.3) is 5.91 Å². The van der Waals surface area contributed by atoms with E-state index in [0.29, 0.717) is 40.8 Å². The molecule has 0 atom stereocenters. The number of amides is 3. The minimum atomic E-state index is -0.906. The zero-order valence-electron chi connectivity index (χ0n) is 21.7. The largest absolute Gasteiger partial charge is 0.497 e. The summed E-state index contributed by atoms with van der Waals surface area (Å²) in [5.74, 6) is -0.628. The number of hydrazone groups is 1. The molecule has 3 amide bonds. The molecule has 0 unspecified atom stereocenters. The highest BCUT2D eigenvalue weighted by atomic mass is 16.5. The molecule has 0 saturated heterocycles. The minimum Gasteiger partial charge on any atom is -0.497 e. The Hall–Kier alpha value is -4.86. The summed E-state index contributed by atoms with van der Waals surface area (Å²) in [5, 5.41) is 9.20. The van der Waals surface area contributed by atoms with Crippen molar-refractivity contribution in [2.45, 2.75) is 20.8 Å². The molecule has 0 aliphatic heterocycles. The van der Waals surface area contributed by atoms with E-state index in [0.717, 1.165) is 11.1 Å². The van der Waals surface area contributed by atoms with E-state index in [1.165, 1.54) is 6.21 Å². The van der Waals surface area contributed by atoms with Crippen LogP contribution < -0.4 is 30.3 Å². The molecule has 0 spiro atoms. The van der Waals surface area contributed by atoms with E-state index in [1.807, 2.05) is 39.0 Å². The summed E-state index contributed by atoms with van der Waals surface area (Å²) < 4.78 is 16.4. The van der Waals surface area contributed by atoms with Gasteiger partial charge >= 0.3 is 11.8 Å². The Balaban J connectivity index is 1.56. The first-order valence-electron chi connectivity index (χ1n) is 11.8. The Bertz CT molecular complexity index is 1300. The van der Waals surface area contributed by atoms with Gasteiger partial charge in [0.15, 0.2) is 18.1 Å². The zero-order chi connectivity index (χ0) is 27.5. The van der Waals surface area contributed by atoms with Gasteiger partial charge in [-0.2, -0.15) is 5.10 Å². The number of methoxy groups -OCH3 is 1. The average molecular weight is 519 g/mol. The van der Waals surface area contributed by atoms with E-state index in [-0.39, 0.29) is 12.5 Å². The van der Waals surface area contributed by atoms with Crippen molar-refractivity contribution in [2.75, 3.05) is 31.0 Å². The maximum Gasteiger partial charge on any atom is 0.329 e. The number of hydrogen-bond acceptors (Lipinski definition) is 7. The predicted molar refractivity (Wildman–Crippen MR) is 145 cm³/mol. The molecule has 0 heterocycles. The number of carbonyl (C=O) groups is 3. The molecule has 10 heteroatoms. The Morgan fingerprint density at radius 1 is 0.868 bits per heavy atom. The number of carbonyl (C=O) groups excluding carboxylic acids is 3. The number of nitrogens with zero attached hydrogens (tertiary/aromatic N) is 1. The third-order valence-electron chi connectivity index (χ3n) is 5.31. The van der Waals surface area contributed by atoms with Gasteiger partial charge in [-0.1, -0.05) is 18.2 Å². The van der Waals surface area contributed by atoms with Crippen molar-refractivity contribution < 1.29 is 28.6 Å². The van der Waals surface area contributed by atoms with Crippen LogP contribution >= 0.6 is 0 Å². The van der Waals surface area contributed by atoms with Gasteiger partial charge in [-0.05, 0) is 79.9 Å². The van der Waals surface area contributed by atoms with E-state index >= 15 is 0 Å². The van der Waals surface area contributed by atoms with Gasteiger partial charge in [0.1, 0.15) is 5.75 Å². The number of para-hydroxylation sites is 1. The van der Waals surface area contributed by atoms with Crippen LogP contribution in [0.1, 0.15) is 23.6 Å². The molecule has 3 N–H and O–H groups in total. The van der Waals surface area contributed by atoms with Gasteiger partial charge in [-0.15, -0.1) is 0 Å². The molecule has 3 aromatic rings. The molecule has 38 heavy (non-hydrogen) atoms. The lowest BCUT2D eigenvalue weighted by Crippen LogP contribution is -2.32. The first kappa shape index (κ1) is 27.7. The van der Waals surface area contributed by atoms with Crippen LogP contribution in [-0.4, -0.2) is 44.3 Å². The first-order chi connectivity index (χ1) is 18.3. The monoisotopic (exact) mass is 518 g/mol. The highest BCUT2D eigenvalue weighted by Crippen LogP contribution is 2.28. The maximum atomic E-state index is 12.3. The topological polar surface area (TPSA) is 127 Å². The van der Waals surface area contributed by atoms with E-state index in [2.05, 4.69) is 21.2 Å². The van der Waals surface area contributed by atoms with E-state index in [9.17, 15) is 14.4 Å². The van der Waals surface area contributed by atoms with Crippen LogP contribution in [0.2, 0.25) is 0 Å². The Labute approximate surface area is 221 Å². The first-order valence-corrected chi connectivity index (χ1v) is 11.8. The molecule has 3 rings (SSSR count). The van der Waals surface area contributed by atoms with Crippen molar-refractivity contribution in [3.05, 3.63) is 77.4 Å². The lowest BCUT2D eigenvalue weighted by atomic mass is 10.1. The molecule has 0 saturated carbocycles. The highest BCUT2D eigenvalue weighted by molar-refractivity contribution is 6.39. The van der Waals surface area contributed by atoms with Crippen LogP contribution in [0.3, 0.4) is 0 Å². The molecular weight excluding hydrogens is 488 g/mol. The van der Waals surface area contributed by atoms with E-state index in [1.54, 1.807) is 49.6 Å². The Kier molecular flexibility index (Phi) is 9.81. The lowest BCUT2D eigenvalue weighted by Gasteiger charge is -2.13. The predicted octanol–water partition coefficient (Wildman–Crippen LogP) is 3.82. The van der Waals surface area contributed by atoms with Crippen molar-refractivity contribution in [3.8, 4) is 17.2 Å². The van der Waals surface area contributed by atoms with Gasteiger partial charge in [-0.25, -0.2) is 5.43 Å². The molecule has 0 aromatic heterocycles. The fourth-order valence-electron chi connectivity index (χ4n) is 3.41. The van der Waals surface area contributed by atoms with Gasteiger partial charge < -0.3 is 24.8 Å². The molecule has 0 bridgehead atoms. The zero-order valence-corrected chi connectivity index (χ0v) is 21.7. The second kappa shape index (κ2) is 13.4. The smallest absolute Gasteiger partial charge is 0.329 e. The Morgan fingerprint density at radius 2 is 1.58 bits per heavy atom. The van der Waals surface area contributed by atoms with Crippen LogP contribution in [0, 0.1) is 13.8 Å². The van der Waals surface area contributed by atoms with Crippen molar-refractivity contribution in [1.29, 1.82) is 0 Å². The third-order valence-corrected chi connectivity index (χ3v) is 5.31. The minimum absolute atomic E-state index is 0.231. The quantitative estimate of drug-likeness (QED) is 0.213.